The van der Waals surface area contributed by atoms with E-state index in [0.717, 1.165) is 0 Å². The third kappa shape index (κ3) is 5.38. The average molecular weight is 350 g/mol. The van der Waals surface area contributed by atoms with Crippen LogP contribution < -0.4 is 15.8 Å². The number of methoxy groups -OCH3 is 1. The lowest BCUT2D eigenvalue weighted by molar-refractivity contribution is -0.116. The molecule has 1 rings (SSSR count). The van der Waals surface area contributed by atoms with Gasteiger partial charge in [-0.25, -0.2) is 0 Å². The first-order valence-electron chi connectivity index (χ1n) is 5.84. The van der Waals surface area contributed by atoms with Crippen LogP contribution in [0.3, 0.4) is 0 Å². The molecule has 1 aromatic carbocycles. The van der Waals surface area contributed by atoms with E-state index in [1.54, 1.807) is 12.1 Å². The average Bonchev–Trinajstić information content (AvgIpc) is 2.25. The summed E-state index contributed by atoms with van der Waals surface area (Å²) in [5, 5.41) is 3.30. The van der Waals surface area contributed by atoms with Crippen molar-refractivity contribution in [2.45, 2.75) is 32.2 Å². The highest BCUT2D eigenvalue weighted by Gasteiger charge is 2.16. The van der Waals surface area contributed by atoms with Crippen molar-refractivity contribution in [3.8, 4) is 5.75 Å². The van der Waals surface area contributed by atoms with Crippen LogP contribution in [0, 0.1) is 0 Å². The maximum absolute atomic E-state index is 11.9. The van der Waals surface area contributed by atoms with Gasteiger partial charge in [0.25, 0.3) is 0 Å². The van der Waals surface area contributed by atoms with Crippen molar-refractivity contribution in [2.24, 2.45) is 5.73 Å². The summed E-state index contributed by atoms with van der Waals surface area (Å²) in [6.07, 6.45) is 0.944. The van der Waals surface area contributed by atoms with Crippen LogP contribution in [-0.2, 0) is 4.79 Å². The molecule has 0 aliphatic heterocycles. The fraction of sp³-hybridized carbons (Fsp3) is 0.462. The molecule has 106 valence electrons. The number of halogens is 2. The third-order valence-corrected chi connectivity index (χ3v) is 3.29. The summed E-state index contributed by atoms with van der Waals surface area (Å²) >= 11 is 9.29. The van der Waals surface area contributed by atoms with E-state index in [4.69, 9.17) is 22.1 Å². The molecule has 0 aromatic heterocycles. The highest BCUT2D eigenvalue weighted by molar-refractivity contribution is 9.10. The van der Waals surface area contributed by atoms with Crippen molar-refractivity contribution in [3.05, 3.63) is 21.6 Å². The molecule has 4 nitrogen and oxygen atoms in total. The first-order valence-corrected chi connectivity index (χ1v) is 7.02. The van der Waals surface area contributed by atoms with Gasteiger partial charge in [0.1, 0.15) is 0 Å². The summed E-state index contributed by atoms with van der Waals surface area (Å²) in [5.74, 6) is 0.427. The van der Waals surface area contributed by atoms with Gasteiger partial charge >= 0.3 is 0 Å². The van der Waals surface area contributed by atoms with E-state index < -0.39 is 0 Å². The Labute approximate surface area is 126 Å². The van der Waals surface area contributed by atoms with Crippen LogP contribution in [0.2, 0.25) is 5.02 Å². The molecule has 0 saturated carbocycles. The molecule has 0 saturated heterocycles. The number of hydrogen-bond acceptors (Lipinski definition) is 3. The van der Waals surface area contributed by atoms with E-state index in [1.807, 2.05) is 13.8 Å². The van der Waals surface area contributed by atoms with Gasteiger partial charge in [0.2, 0.25) is 5.91 Å². The minimum Gasteiger partial charge on any atom is -0.493 e. The van der Waals surface area contributed by atoms with E-state index >= 15 is 0 Å². The number of hydrogen-bond donors (Lipinski definition) is 2. The molecule has 0 heterocycles. The zero-order valence-corrected chi connectivity index (χ0v) is 13.6. The quantitative estimate of drug-likeness (QED) is 0.854. The van der Waals surface area contributed by atoms with Gasteiger partial charge in [0.15, 0.2) is 5.75 Å². The van der Waals surface area contributed by atoms with Crippen LogP contribution in [0.1, 0.15) is 26.7 Å². The molecule has 1 amide bonds. The minimum atomic E-state index is -0.365. The normalized spacial score (nSPS) is 11.3. The SMILES string of the molecule is COc1c(Br)cc(Cl)cc1NC(=O)CCC(C)(C)N. The summed E-state index contributed by atoms with van der Waals surface area (Å²) in [4.78, 5) is 11.9. The molecule has 0 spiro atoms. The van der Waals surface area contributed by atoms with Gasteiger partial charge < -0.3 is 15.8 Å². The monoisotopic (exact) mass is 348 g/mol. The summed E-state index contributed by atoms with van der Waals surface area (Å²) in [6.45, 7) is 3.77. The van der Waals surface area contributed by atoms with Gasteiger partial charge in [0.05, 0.1) is 17.3 Å². The van der Waals surface area contributed by atoms with E-state index in [9.17, 15) is 4.79 Å². The molecule has 0 aliphatic carbocycles. The van der Waals surface area contributed by atoms with E-state index in [1.165, 1.54) is 7.11 Å². The molecule has 1 aromatic rings. The van der Waals surface area contributed by atoms with Crippen LogP contribution in [-0.4, -0.2) is 18.6 Å². The molecule has 0 fully saturated rings. The van der Waals surface area contributed by atoms with Gasteiger partial charge in [0, 0.05) is 17.0 Å². The Balaban J connectivity index is 2.79. The molecule has 0 bridgehead atoms. The highest BCUT2D eigenvalue weighted by Crippen LogP contribution is 2.36. The number of nitrogens with two attached hydrogens (primary N) is 1. The number of anilines is 1. The van der Waals surface area contributed by atoms with Crippen LogP contribution >= 0.6 is 27.5 Å². The Morgan fingerprint density at radius 3 is 2.68 bits per heavy atom. The summed E-state index contributed by atoms with van der Waals surface area (Å²) in [7, 11) is 1.53. The minimum absolute atomic E-state index is 0.119. The lowest BCUT2D eigenvalue weighted by atomic mass is 10.00. The van der Waals surface area contributed by atoms with Crippen molar-refractivity contribution < 1.29 is 9.53 Å². The van der Waals surface area contributed by atoms with Gasteiger partial charge in [-0.3, -0.25) is 4.79 Å². The van der Waals surface area contributed by atoms with E-state index in [0.29, 0.717) is 33.8 Å². The molecule has 6 heteroatoms. The molecule has 19 heavy (non-hydrogen) atoms. The van der Waals surface area contributed by atoms with Gasteiger partial charge in [-0.15, -0.1) is 0 Å². The maximum Gasteiger partial charge on any atom is 0.224 e. The predicted octanol–water partition coefficient (Wildman–Crippen LogP) is 3.57. The van der Waals surface area contributed by atoms with Crippen molar-refractivity contribution in [1.29, 1.82) is 0 Å². The second kappa shape index (κ2) is 6.59. The number of nitrogens with one attached hydrogen (secondary N) is 1. The van der Waals surface area contributed by atoms with Crippen molar-refractivity contribution in [1.82, 2.24) is 0 Å². The maximum atomic E-state index is 11.9. The summed E-state index contributed by atoms with van der Waals surface area (Å²) in [6, 6.07) is 3.36. The topological polar surface area (TPSA) is 64.3 Å². The molecule has 3 N–H and O–H groups in total. The number of carbonyl (C=O) groups excluding carboxylic acids is 1. The van der Waals surface area contributed by atoms with E-state index in [-0.39, 0.29) is 11.4 Å². The number of rotatable bonds is 5. The molecular weight excluding hydrogens is 332 g/mol. The summed E-state index contributed by atoms with van der Waals surface area (Å²) < 4.78 is 5.92. The largest absolute Gasteiger partial charge is 0.493 e. The second-order valence-corrected chi connectivity index (χ2v) is 6.30. The molecule has 0 aliphatic rings. The number of ether oxygens (including phenoxy) is 1. The number of carbonyl (C=O) groups is 1. The lowest BCUT2D eigenvalue weighted by Gasteiger charge is -2.18. The number of benzene rings is 1. The van der Waals surface area contributed by atoms with Crippen molar-refractivity contribution in [2.75, 3.05) is 12.4 Å². The van der Waals surface area contributed by atoms with Crippen LogP contribution in [0.25, 0.3) is 0 Å². The zero-order chi connectivity index (χ0) is 14.6. The predicted molar refractivity (Wildman–Crippen MR) is 81.8 cm³/mol. The van der Waals surface area contributed by atoms with Gasteiger partial charge in [-0.1, -0.05) is 11.6 Å². The smallest absolute Gasteiger partial charge is 0.224 e. The van der Waals surface area contributed by atoms with Crippen LogP contribution in [0.5, 0.6) is 5.75 Å². The number of amides is 1. The van der Waals surface area contributed by atoms with Crippen molar-refractivity contribution >= 4 is 39.1 Å². The Morgan fingerprint density at radius 1 is 1.53 bits per heavy atom. The van der Waals surface area contributed by atoms with Crippen LogP contribution in [0.15, 0.2) is 16.6 Å². The third-order valence-electron chi connectivity index (χ3n) is 2.48. The van der Waals surface area contributed by atoms with Gasteiger partial charge in [-0.2, -0.15) is 0 Å². The molecular formula is C13H18BrClN2O2. The highest BCUT2D eigenvalue weighted by atomic mass is 79.9. The molecule has 0 unspecified atom stereocenters. The first-order chi connectivity index (χ1) is 8.73. The van der Waals surface area contributed by atoms with Crippen molar-refractivity contribution in [3.63, 3.8) is 0 Å². The van der Waals surface area contributed by atoms with Gasteiger partial charge in [-0.05, 0) is 48.3 Å². The Hall–Kier alpha value is -0.780. The Morgan fingerprint density at radius 2 is 2.16 bits per heavy atom. The summed E-state index contributed by atoms with van der Waals surface area (Å²) in [5.41, 5.74) is 6.03. The zero-order valence-electron chi connectivity index (χ0n) is 11.2. The van der Waals surface area contributed by atoms with Crippen LogP contribution in [0.4, 0.5) is 5.69 Å². The standard InChI is InChI=1S/C13H18BrClN2O2/c1-13(2,16)5-4-11(18)17-10-7-8(15)6-9(14)12(10)19-3/h6-7H,4-5,16H2,1-3H3,(H,17,18). The Kier molecular flexibility index (Phi) is 5.64. The molecule has 0 radical (unpaired) electrons. The second-order valence-electron chi connectivity index (χ2n) is 5.01. The first kappa shape index (κ1) is 16.3. The lowest BCUT2D eigenvalue weighted by Crippen LogP contribution is -2.33. The molecule has 0 atom stereocenters. The Bertz CT molecular complexity index is 472. The fourth-order valence-electron chi connectivity index (χ4n) is 1.51. The van der Waals surface area contributed by atoms with E-state index in [2.05, 4.69) is 21.2 Å². The fourth-order valence-corrected chi connectivity index (χ4v) is 2.48.